The maximum Gasteiger partial charge on any atom is 0.371 e. The van der Waals surface area contributed by atoms with E-state index in [1.165, 1.54) is 12.5 Å². The quantitative estimate of drug-likeness (QED) is 0.435. The van der Waals surface area contributed by atoms with Crippen molar-refractivity contribution in [2.45, 2.75) is 39.8 Å². The van der Waals surface area contributed by atoms with Crippen LogP contribution in [-0.4, -0.2) is 39.8 Å². The third-order valence-corrected chi connectivity index (χ3v) is 3.20. The minimum absolute atomic E-state index is 0.121. The SMILES string of the molecule is CC(=O)C(=O)O.CC(=O)c1ccccc1.CC(N)C(=O)O.C[C@@H](N)c1ccccc1. The summed E-state index contributed by atoms with van der Waals surface area (Å²) in [6, 6.07) is 18.7. The standard InChI is InChI=1S/C8H11N.C8H8O.C3H7NO2.C3H4O3/c2*1-7(9)8-5-3-2-4-6-8;2*1-2(4)3(5)6/h2-7H,9H2,1H3;2-6H,1H3;2H,4H2,1H3,(H,5,6);1H3,(H,5,6)/t7-;;;/m1.../s1. The van der Waals surface area contributed by atoms with Crippen LogP contribution in [0.5, 0.6) is 0 Å². The summed E-state index contributed by atoms with van der Waals surface area (Å²) < 4.78 is 0. The lowest BCUT2D eigenvalue weighted by molar-refractivity contribution is -0.148. The Morgan fingerprint density at radius 2 is 1.10 bits per heavy atom. The molecule has 0 saturated carbocycles. The number of benzene rings is 2. The number of carboxylic acid groups (broad SMARTS) is 2. The summed E-state index contributed by atoms with van der Waals surface area (Å²) >= 11 is 0. The van der Waals surface area contributed by atoms with E-state index in [9.17, 15) is 19.2 Å². The van der Waals surface area contributed by atoms with E-state index >= 15 is 0 Å². The molecular formula is C22H30N2O6. The minimum Gasteiger partial charge on any atom is -0.480 e. The van der Waals surface area contributed by atoms with Gasteiger partial charge in [0.25, 0.3) is 0 Å². The molecule has 6 N–H and O–H groups in total. The summed E-state index contributed by atoms with van der Waals surface area (Å²) in [7, 11) is 0. The predicted molar refractivity (Wildman–Crippen MR) is 115 cm³/mol. The van der Waals surface area contributed by atoms with E-state index in [4.69, 9.17) is 21.7 Å². The highest BCUT2D eigenvalue weighted by Gasteiger charge is 2.00. The molecule has 0 spiro atoms. The maximum absolute atomic E-state index is 10.6. The van der Waals surface area contributed by atoms with Crippen LogP contribution in [0.15, 0.2) is 60.7 Å². The Kier molecular flexibility index (Phi) is 15.9. The lowest BCUT2D eigenvalue weighted by atomic mass is 10.1. The predicted octanol–water partition coefficient (Wildman–Crippen LogP) is 2.67. The highest BCUT2D eigenvalue weighted by molar-refractivity contribution is 6.31. The van der Waals surface area contributed by atoms with Crippen molar-refractivity contribution < 1.29 is 29.4 Å². The Bertz CT molecular complexity index is 763. The van der Waals surface area contributed by atoms with Crippen molar-refractivity contribution >= 4 is 23.5 Å². The molecule has 0 heterocycles. The Labute approximate surface area is 176 Å². The van der Waals surface area contributed by atoms with Gasteiger partial charge >= 0.3 is 11.9 Å². The molecule has 2 aromatic carbocycles. The fraction of sp³-hybridized carbons (Fsp3) is 0.273. The first-order valence-corrected chi connectivity index (χ1v) is 8.98. The van der Waals surface area contributed by atoms with Gasteiger partial charge < -0.3 is 21.7 Å². The van der Waals surface area contributed by atoms with E-state index in [1.54, 1.807) is 6.92 Å². The Hall–Kier alpha value is -3.36. The average molecular weight is 418 g/mol. The van der Waals surface area contributed by atoms with Gasteiger partial charge in [-0.05, 0) is 26.3 Å². The van der Waals surface area contributed by atoms with Crippen molar-refractivity contribution in [3.63, 3.8) is 0 Å². The fourth-order valence-corrected chi connectivity index (χ4v) is 1.43. The second-order valence-electron chi connectivity index (χ2n) is 6.11. The van der Waals surface area contributed by atoms with Gasteiger partial charge in [0.05, 0.1) is 0 Å². The minimum atomic E-state index is -1.38. The number of carbonyl (C=O) groups excluding carboxylic acids is 2. The van der Waals surface area contributed by atoms with Crippen LogP contribution in [0.3, 0.4) is 0 Å². The van der Waals surface area contributed by atoms with Crippen LogP contribution in [0.1, 0.15) is 49.7 Å². The first-order valence-electron chi connectivity index (χ1n) is 8.98. The highest BCUT2D eigenvalue weighted by Crippen LogP contribution is 2.06. The molecule has 0 aliphatic carbocycles. The van der Waals surface area contributed by atoms with E-state index in [1.807, 2.05) is 67.6 Å². The highest BCUT2D eigenvalue weighted by atomic mass is 16.4. The number of hydrogen-bond acceptors (Lipinski definition) is 6. The molecule has 8 nitrogen and oxygen atoms in total. The summed E-state index contributed by atoms with van der Waals surface area (Å²) in [5.74, 6) is -3.05. The lowest BCUT2D eigenvalue weighted by Gasteiger charge is -2.02. The van der Waals surface area contributed by atoms with E-state index in [0.29, 0.717) is 0 Å². The van der Waals surface area contributed by atoms with Gasteiger partial charge in [0.1, 0.15) is 6.04 Å². The van der Waals surface area contributed by atoms with Gasteiger partial charge in [-0.1, -0.05) is 60.7 Å². The number of aliphatic carboxylic acids is 2. The van der Waals surface area contributed by atoms with Gasteiger partial charge in [-0.25, -0.2) is 4.79 Å². The molecule has 0 aromatic heterocycles. The monoisotopic (exact) mass is 418 g/mol. The molecule has 0 bridgehead atoms. The molecule has 30 heavy (non-hydrogen) atoms. The summed E-state index contributed by atoms with van der Waals surface area (Å²) in [6.07, 6.45) is 0. The zero-order valence-electron chi connectivity index (χ0n) is 17.6. The maximum atomic E-state index is 10.6. The van der Waals surface area contributed by atoms with Gasteiger partial charge in [-0.2, -0.15) is 0 Å². The van der Waals surface area contributed by atoms with Crippen LogP contribution in [0.25, 0.3) is 0 Å². The van der Waals surface area contributed by atoms with Crippen LogP contribution in [0.2, 0.25) is 0 Å². The molecule has 0 saturated heterocycles. The van der Waals surface area contributed by atoms with Crippen LogP contribution in [0.4, 0.5) is 0 Å². The normalized spacial score (nSPS) is 10.9. The molecular weight excluding hydrogens is 388 g/mol. The molecule has 2 aromatic rings. The van der Waals surface area contributed by atoms with Crippen molar-refractivity contribution in [2.75, 3.05) is 0 Å². The first kappa shape index (κ1) is 28.8. The third-order valence-electron chi connectivity index (χ3n) is 3.20. The molecule has 0 radical (unpaired) electrons. The van der Waals surface area contributed by atoms with Crippen molar-refractivity contribution in [3.05, 3.63) is 71.8 Å². The second kappa shape index (κ2) is 16.6. The largest absolute Gasteiger partial charge is 0.480 e. The van der Waals surface area contributed by atoms with E-state index in [-0.39, 0.29) is 11.8 Å². The summed E-state index contributed by atoms with van der Waals surface area (Å²) in [6.45, 7) is 5.97. The van der Waals surface area contributed by atoms with Gasteiger partial charge in [0.2, 0.25) is 5.78 Å². The van der Waals surface area contributed by atoms with Gasteiger partial charge in [-0.15, -0.1) is 0 Å². The molecule has 164 valence electrons. The van der Waals surface area contributed by atoms with Crippen molar-refractivity contribution in [3.8, 4) is 0 Å². The lowest BCUT2D eigenvalue weighted by Crippen LogP contribution is -2.25. The molecule has 0 aliphatic rings. The molecule has 8 heteroatoms. The van der Waals surface area contributed by atoms with Crippen LogP contribution in [0, 0.1) is 0 Å². The van der Waals surface area contributed by atoms with Crippen LogP contribution in [-0.2, 0) is 14.4 Å². The fourth-order valence-electron chi connectivity index (χ4n) is 1.43. The Morgan fingerprint density at radius 1 is 0.767 bits per heavy atom. The average Bonchev–Trinajstić information content (AvgIpc) is 2.70. The van der Waals surface area contributed by atoms with Gasteiger partial charge in [0, 0.05) is 18.5 Å². The first-order chi connectivity index (χ1) is 13.9. The number of rotatable bonds is 4. The Morgan fingerprint density at radius 3 is 1.27 bits per heavy atom. The molecule has 1 unspecified atom stereocenters. The Balaban J connectivity index is 0. The zero-order chi connectivity index (χ0) is 23.7. The van der Waals surface area contributed by atoms with E-state index in [2.05, 4.69) is 0 Å². The van der Waals surface area contributed by atoms with Gasteiger partial charge in [-0.3, -0.25) is 14.4 Å². The van der Waals surface area contributed by atoms with Crippen molar-refractivity contribution in [1.82, 2.24) is 0 Å². The smallest absolute Gasteiger partial charge is 0.371 e. The number of hydrogen-bond donors (Lipinski definition) is 4. The topological polar surface area (TPSA) is 161 Å². The number of ketones is 2. The van der Waals surface area contributed by atoms with Crippen LogP contribution < -0.4 is 11.5 Å². The molecule has 2 atom stereocenters. The van der Waals surface area contributed by atoms with E-state index < -0.39 is 23.8 Å². The number of carbonyl (C=O) groups is 4. The molecule has 2 rings (SSSR count). The molecule has 0 aliphatic heterocycles. The summed E-state index contributed by atoms with van der Waals surface area (Å²) in [5.41, 5.74) is 12.4. The zero-order valence-corrected chi connectivity index (χ0v) is 17.6. The number of nitrogens with two attached hydrogens (primary N) is 2. The van der Waals surface area contributed by atoms with Gasteiger partial charge in [0.15, 0.2) is 5.78 Å². The number of Topliss-reactive ketones (excluding diaryl/α,β-unsaturated/α-hetero) is 2. The van der Waals surface area contributed by atoms with E-state index in [0.717, 1.165) is 12.5 Å². The molecule has 0 amide bonds. The van der Waals surface area contributed by atoms with Crippen molar-refractivity contribution in [1.29, 1.82) is 0 Å². The third kappa shape index (κ3) is 16.8. The molecule has 0 fully saturated rings. The van der Waals surface area contributed by atoms with Crippen molar-refractivity contribution in [2.24, 2.45) is 11.5 Å². The summed E-state index contributed by atoms with van der Waals surface area (Å²) in [4.78, 5) is 39.1. The summed E-state index contributed by atoms with van der Waals surface area (Å²) in [5, 5.41) is 15.5. The number of carboxylic acids is 2. The second-order valence-corrected chi connectivity index (χ2v) is 6.11. The van der Waals surface area contributed by atoms with Crippen LogP contribution >= 0.6 is 0 Å².